The topological polar surface area (TPSA) is 61.4 Å². The van der Waals surface area contributed by atoms with Crippen molar-refractivity contribution in [1.29, 1.82) is 0 Å². The molecule has 30 heavy (non-hydrogen) atoms. The second kappa shape index (κ2) is 9.50. The van der Waals surface area contributed by atoms with Crippen molar-refractivity contribution in [2.45, 2.75) is 65.7 Å². The number of hydrogen-bond donors (Lipinski definition) is 1. The second-order valence-corrected chi connectivity index (χ2v) is 9.89. The normalized spacial score (nSPS) is 19.2. The number of unbranched alkanes of at least 4 members (excludes halogenated alkanes) is 1. The van der Waals surface area contributed by atoms with Gasteiger partial charge in [-0.1, -0.05) is 27.2 Å². The minimum atomic E-state index is 0.0736. The van der Waals surface area contributed by atoms with E-state index in [2.05, 4.69) is 31.0 Å². The van der Waals surface area contributed by atoms with Gasteiger partial charge in [0.1, 0.15) is 16.5 Å². The Balaban J connectivity index is 1.57. The lowest BCUT2D eigenvalue weighted by molar-refractivity contribution is 0.194. The monoisotopic (exact) mass is 429 g/mol. The summed E-state index contributed by atoms with van der Waals surface area (Å²) in [5.41, 5.74) is 1.49. The highest BCUT2D eigenvalue weighted by atomic mass is 32.1. The lowest BCUT2D eigenvalue weighted by atomic mass is 9.89. The quantitative estimate of drug-likeness (QED) is 0.692. The van der Waals surface area contributed by atoms with Crippen molar-refractivity contribution in [1.82, 2.24) is 20.2 Å². The fourth-order valence-electron chi connectivity index (χ4n) is 4.54. The molecule has 1 atom stereocenters. The molecular formula is C23H35N5OS. The summed E-state index contributed by atoms with van der Waals surface area (Å²) >= 11 is 1.89. The zero-order valence-electron chi connectivity index (χ0n) is 18.7. The number of carbonyl (C=O) groups excluding carboxylic acids is 1. The number of piperazine rings is 1. The van der Waals surface area contributed by atoms with E-state index in [9.17, 15) is 4.79 Å². The average Bonchev–Trinajstić information content (AvgIpc) is 3.11. The number of aromatic nitrogens is 2. The minimum Gasteiger partial charge on any atom is -0.352 e. The maximum absolute atomic E-state index is 12.4. The third-order valence-corrected chi connectivity index (χ3v) is 7.48. The Bertz CT molecular complexity index is 887. The highest BCUT2D eigenvalue weighted by Crippen LogP contribution is 2.41. The van der Waals surface area contributed by atoms with Crippen LogP contribution >= 0.6 is 11.3 Å². The van der Waals surface area contributed by atoms with Crippen LogP contribution in [0.2, 0.25) is 0 Å². The Morgan fingerprint density at radius 1 is 1.17 bits per heavy atom. The molecule has 1 saturated heterocycles. The van der Waals surface area contributed by atoms with Crippen molar-refractivity contribution in [2.24, 2.45) is 5.92 Å². The second-order valence-electron chi connectivity index (χ2n) is 8.80. The van der Waals surface area contributed by atoms with Crippen molar-refractivity contribution in [3.05, 3.63) is 16.3 Å². The van der Waals surface area contributed by atoms with Gasteiger partial charge in [-0.3, -0.25) is 0 Å². The summed E-state index contributed by atoms with van der Waals surface area (Å²) in [6.45, 7) is 10.6. The van der Waals surface area contributed by atoms with Crippen LogP contribution in [-0.2, 0) is 19.3 Å². The van der Waals surface area contributed by atoms with Crippen LogP contribution in [0.5, 0.6) is 0 Å². The van der Waals surface area contributed by atoms with Gasteiger partial charge in [-0.15, -0.1) is 11.3 Å². The summed E-state index contributed by atoms with van der Waals surface area (Å²) in [5.74, 6) is 2.83. The number of nitrogens with one attached hydrogen (secondary N) is 1. The summed E-state index contributed by atoms with van der Waals surface area (Å²) in [5, 5.41) is 4.34. The molecule has 4 rings (SSSR count). The predicted molar refractivity (Wildman–Crippen MR) is 125 cm³/mol. The molecule has 0 bridgehead atoms. The number of thiophene rings is 1. The van der Waals surface area contributed by atoms with Gasteiger partial charge in [-0.05, 0) is 43.6 Å². The number of urea groups is 1. The Morgan fingerprint density at radius 2 is 1.97 bits per heavy atom. The molecule has 1 unspecified atom stereocenters. The summed E-state index contributed by atoms with van der Waals surface area (Å²) in [6.07, 6.45) is 7.67. The number of hydrogen-bond acceptors (Lipinski definition) is 5. The summed E-state index contributed by atoms with van der Waals surface area (Å²) < 4.78 is 0. The number of anilines is 1. The van der Waals surface area contributed by atoms with E-state index in [0.29, 0.717) is 0 Å². The summed E-state index contributed by atoms with van der Waals surface area (Å²) in [4.78, 5) is 29.4. The molecule has 0 saturated carbocycles. The fraction of sp³-hybridized carbons (Fsp3) is 0.696. The molecule has 1 aliphatic heterocycles. The SMILES string of the molecule is CCCCNC(=O)N1CCN(c2nc(CCC)nc3sc4c(c23)CCC(C)C4)CC1. The van der Waals surface area contributed by atoms with Gasteiger partial charge in [0.05, 0.1) is 5.39 Å². The van der Waals surface area contributed by atoms with Gasteiger partial charge in [0.2, 0.25) is 0 Å². The Morgan fingerprint density at radius 3 is 2.70 bits per heavy atom. The first-order chi connectivity index (χ1) is 14.6. The molecule has 2 aliphatic rings. The zero-order chi connectivity index (χ0) is 21.1. The average molecular weight is 430 g/mol. The number of fused-ring (bicyclic) bond motifs is 3. The van der Waals surface area contributed by atoms with Gasteiger partial charge in [-0.2, -0.15) is 0 Å². The standard InChI is InChI=1S/C23H35N5OS/c1-4-6-10-24-23(29)28-13-11-27(12-14-28)21-20-17-9-8-16(3)15-18(17)30-22(20)26-19(25-21)7-5-2/h16H,4-15H2,1-3H3,(H,24,29). The molecule has 1 N–H and O–H groups in total. The molecule has 7 heteroatoms. The predicted octanol–water partition coefficient (Wildman–Crippen LogP) is 4.40. The van der Waals surface area contributed by atoms with Crippen molar-refractivity contribution in [2.75, 3.05) is 37.6 Å². The van der Waals surface area contributed by atoms with E-state index in [1.54, 1.807) is 0 Å². The molecule has 6 nitrogen and oxygen atoms in total. The first-order valence-electron chi connectivity index (χ1n) is 11.7. The fourth-order valence-corrected chi connectivity index (χ4v) is 5.93. The van der Waals surface area contributed by atoms with Crippen LogP contribution in [0.3, 0.4) is 0 Å². The molecule has 2 aromatic heterocycles. The molecule has 0 spiro atoms. The first kappa shape index (κ1) is 21.3. The van der Waals surface area contributed by atoms with E-state index in [0.717, 1.165) is 82.4 Å². The van der Waals surface area contributed by atoms with Gasteiger partial charge in [0.25, 0.3) is 0 Å². The molecular weight excluding hydrogens is 394 g/mol. The van der Waals surface area contributed by atoms with E-state index >= 15 is 0 Å². The Labute approximate surface area is 184 Å². The number of amides is 2. The van der Waals surface area contributed by atoms with E-state index in [1.807, 2.05) is 16.2 Å². The molecule has 0 radical (unpaired) electrons. The molecule has 2 amide bonds. The van der Waals surface area contributed by atoms with E-state index in [1.165, 1.54) is 33.5 Å². The van der Waals surface area contributed by atoms with Crippen molar-refractivity contribution < 1.29 is 4.79 Å². The summed E-state index contributed by atoms with van der Waals surface area (Å²) in [6, 6.07) is 0.0736. The molecule has 1 aliphatic carbocycles. The summed E-state index contributed by atoms with van der Waals surface area (Å²) in [7, 11) is 0. The number of nitrogens with zero attached hydrogens (tertiary/aromatic N) is 4. The van der Waals surface area contributed by atoms with Crippen molar-refractivity contribution in [3.63, 3.8) is 0 Å². The van der Waals surface area contributed by atoms with Crippen LogP contribution in [0.25, 0.3) is 10.2 Å². The third-order valence-electron chi connectivity index (χ3n) is 6.33. The van der Waals surface area contributed by atoms with Gasteiger partial charge >= 0.3 is 6.03 Å². The van der Waals surface area contributed by atoms with E-state index in [4.69, 9.17) is 9.97 Å². The van der Waals surface area contributed by atoms with Crippen LogP contribution in [0.15, 0.2) is 0 Å². The third kappa shape index (κ3) is 4.41. The molecule has 3 heterocycles. The number of aryl methyl sites for hydroxylation is 2. The molecule has 164 valence electrons. The van der Waals surface area contributed by atoms with Crippen LogP contribution in [0.1, 0.15) is 62.7 Å². The highest BCUT2D eigenvalue weighted by molar-refractivity contribution is 7.19. The van der Waals surface area contributed by atoms with Crippen LogP contribution in [0.4, 0.5) is 10.6 Å². The maximum Gasteiger partial charge on any atom is 0.317 e. The minimum absolute atomic E-state index is 0.0736. The van der Waals surface area contributed by atoms with Gasteiger partial charge < -0.3 is 15.1 Å². The van der Waals surface area contributed by atoms with Crippen LogP contribution in [0, 0.1) is 5.92 Å². The van der Waals surface area contributed by atoms with E-state index in [-0.39, 0.29) is 6.03 Å². The van der Waals surface area contributed by atoms with Crippen molar-refractivity contribution >= 4 is 33.4 Å². The van der Waals surface area contributed by atoms with Crippen LogP contribution < -0.4 is 10.2 Å². The van der Waals surface area contributed by atoms with Gasteiger partial charge in [-0.25, -0.2) is 14.8 Å². The van der Waals surface area contributed by atoms with Gasteiger partial charge in [0, 0.05) is 44.0 Å². The number of carbonyl (C=O) groups is 1. The lowest BCUT2D eigenvalue weighted by Gasteiger charge is -2.36. The Kier molecular flexibility index (Phi) is 6.76. The van der Waals surface area contributed by atoms with E-state index < -0.39 is 0 Å². The Hall–Kier alpha value is -1.89. The number of rotatable bonds is 6. The van der Waals surface area contributed by atoms with Gasteiger partial charge in [0.15, 0.2) is 0 Å². The lowest BCUT2D eigenvalue weighted by Crippen LogP contribution is -2.52. The first-order valence-corrected chi connectivity index (χ1v) is 12.5. The smallest absolute Gasteiger partial charge is 0.317 e. The molecule has 2 aromatic rings. The van der Waals surface area contributed by atoms with Crippen LogP contribution in [-0.4, -0.2) is 53.6 Å². The zero-order valence-corrected chi connectivity index (χ0v) is 19.5. The largest absolute Gasteiger partial charge is 0.352 e. The molecule has 1 fully saturated rings. The maximum atomic E-state index is 12.4. The van der Waals surface area contributed by atoms with Crippen molar-refractivity contribution in [3.8, 4) is 0 Å². The molecule has 0 aromatic carbocycles. The highest BCUT2D eigenvalue weighted by Gasteiger charge is 2.28.